The van der Waals surface area contributed by atoms with Gasteiger partial charge in [0.25, 0.3) is 0 Å². The highest BCUT2D eigenvalue weighted by atomic mass is 16.2. The van der Waals surface area contributed by atoms with Crippen LogP contribution in [0.25, 0.3) is 6.08 Å². The molecule has 0 aliphatic heterocycles. The molecule has 0 aromatic heterocycles. The van der Waals surface area contributed by atoms with Gasteiger partial charge < -0.3 is 10.6 Å². The molecule has 0 saturated heterocycles. The van der Waals surface area contributed by atoms with E-state index in [1.807, 2.05) is 36.4 Å². The number of hydrogen-bond donors (Lipinski definition) is 2. The van der Waals surface area contributed by atoms with Gasteiger partial charge in [0.15, 0.2) is 0 Å². The summed E-state index contributed by atoms with van der Waals surface area (Å²) in [6.45, 7) is 0. The fourth-order valence-corrected chi connectivity index (χ4v) is 0.850. The van der Waals surface area contributed by atoms with Gasteiger partial charge in [-0.1, -0.05) is 30.3 Å². The van der Waals surface area contributed by atoms with Crippen LogP contribution in [-0.4, -0.2) is 13.1 Å². The average Bonchev–Trinajstić information content (AvgIpc) is 2.19. The second-order valence-corrected chi connectivity index (χ2v) is 2.47. The molecule has 0 heterocycles. The maximum absolute atomic E-state index is 10.7. The molecule has 0 fully saturated rings. The maximum Gasteiger partial charge on any atom is 0.318 e. The topological polar surface area (TPSA) is 41.1 Å². The van der Waals surface area contributed by atoms with E-state index in [1.54, 1.807) is 13.2 Å². The molecule has 0 atom stereocenters. The van der Waals surface area contributed by atoms with Crippen LogP contribution < -0.4 is 10.6 Å². The summed E-state index contributed by atoms with van der Waals surface area (Å²) in [5, 5.41) is 5.00. The standard InChI is InChI=1S/C10H12N2O/c1-11-10(13)12-8-7-9-5-3-2-4-6-9/h2-8H,1H3,(H2,11,12,13)/b8-7+. The van der Waals surface area contributed by atoms with Gasteiger partial charge in [-0.3, -0.25) is 0 Å². The predicted molar refractivity (Wildman–Crippen MR) is 53.1 cm³/mol. The van der Waals surface area contributed by atoms with Gasteiger partial charge in [-0.2, -0.15) is 0 Å². The maximum atomic E-state index is 10.7. The monoisotopic (exact) mass is 176 g/mol. The quantitative estimate of drug-likeness (QED) is 0.705. The minimum atomic E-state index is -0.216. The van der Waals surface area contributed by atoms with Gasteiger partial charge in [-0.25, -0.2) is 4.79 Å². The summed E-state index contributed by atoms with van der Waals surface area (Å²) in [5.74, 6) is 0. The van der Waals surface area contributed by atoms with E-state index in [2.05, 4.69) is 10.6 Å². The predicted octanol–water partition coefficient (Wildman–Crippen LogP) is 1.59. The van der Waals surface area contributed by atoms with E-state index in [9.17, 15) is 4.79 Å². The third-order valence-corrected chi connectivity index (χ3v) is 1.52. The van der Waals surface area contributed by atoms with Crippen molar-refractivity contribution in [3.63, 3.8) is 0 Å². The summed E-state index contributed by atoms with van der Waals surface area (Å²) in [4.78, 5) is 10.7. The Labute approximate surface area is 77.5 Å². The van der Waals surface area contributed by atoms with Crippen molar-refractivity contribution in [1.82, 2.24) is 10.6 Å². The van der Waals surface area contributed by atoms with Crippen molar-refractivity contribution in [1.29, 1.82) is 0 Å². The van der Waals surface area contributed by atoms with E-state index in [1.165, 1.54) is 0 Å². The zero-order valence-electron chi connectivity index (χ0n) is 7.45. The zero-order chi connectivity index (χ0) is 9.52. The first-order chi connectivity index (χ1) is 6.33. The summed E-state index contributed by atoms with van der Waals surface area (Å²) in [6.07, 6.45) is 3.43. The molecular formula is C10H12N2O. The van der Waals surface area contributed by atoms with E-state index >= 15 is 0 Å². The van der Waals surface area contributed by atoms with Crippen molar-refractivity contribution >= 4 is 12.1 Å². The van der Waals surface area contributed by atoms with Gasteiger partial charge in [0.05, 0.1) is 0 Å². The van der Waals surface area contributed by atoms with E-state index in [-0.39, 0.29) is 6.03 Å². The fraction of sp³-hybridized carbons (Fsp3) is 0.100. The van der Waals surface area contributed by atoms with Gasteiger partial charge in [-0.15, -0.1) is 0 Å². The Kier molecular flexibility index (Phi) is 3.57. The lowest BCUT2D eigenvalue weighted by molar-refractivity contribution is 0.246. The summed E-state index contributed by atoms with van der Waals surface area (Å²) in [5.41, 5.74) is 1.05. The molecule has 13 heavy (non-hydrogen) atoms. The molecule has 1 aromatic rings. The molecule has 2 N–H and O–H groups in total. The number of urea groups is 1. The van der Waals surface area contributed by atoms with Gasteiger partial charge in [0.1, 0.15) is 0 Å². The first-order valence-corrected chi connectivity index (χ1v) is 4.03. The molecule has 3 heteroatoms. The van der Waals surface area contributed by atoms with Crippen LogP contribution in [0, 0.1) is 0 Å². The van der Waals surface area contributed by atoms with Crippen LogP contribution in [0.1, 0.15) is 5.56 Å². The molecule has 0 aliphatic rings. The van der Waals surface area contributed by atoms with Crippen LogP contribution in [0.15, 0.2) is 36.5 Å². The molecule has 0 bridgehead atoms. The minimum absolute atomic E-state index is 0.216. The molecule has 0 saturated carbocycles. The molecule has 0 unspecified atom stereocenters. The molecule has 1 rings (SSSR count). The minimum Gasteiger partial charge on any atom is -0.341 e. The third kappa shape index (κ3) is 3.42. The molecule has 1 aromatic carbocycles. The van der Waals surface area contributed by atoms with E-state index in [0.717, 1.165) is 5.56 Å². The van der Waals surface area contributed by atoms with Crippen LogP contribution >= 0.6 is 0 Å². The summed E-state index contributed by atoms with van der Waals surface area (Å²) in [6, 6.07) is 9.54. The van der Waals surface area contributed by atoms with E-state index in [4.69, 9.17) is 0 Å². The molecule has 0 radical (unpaired) electrons. The van der Waals surface area contributed by atoms with Crippen LogP contribution in [0.3, 0.4) is 0 Å². The van der Waals surface area contributed by atoms with Crippen LogP contribution in [0.5, 0.6) is 0 Å². The second-order valence-electron chi connectivity index (χ2n) is 2.47. The molecular weight excluding hydrogens is 164 g/mol. The number of carbonyl (C=O) groups is 1. The third-order valence-electron chi connectivity index (χ3n) is 1.52. The van der Waals surface area contributed by atoms with Crippen LogP contribution in [0.2, 0.25) is 0 Å². The van der Waals surface area contributed by atoms with Crippen molar-refractivity contribution in [3.8, 4) is 0 Å². The first kappa shape index (κ1) is 9.32. The number of carbonyl (C=O) groups excluding carboxylic acids is 1. The largest absolute Gasteiger partial charge is 0.341 e. The lowest BCUT2D eigenvalue weighted by atomic mass is 10.2. The highest BCUT2D eigenvalue weighted by molar-refractivity contribution is 5.75. The average molecular weight is 176 g/mol. The lowest BCUT2D eigenvalue weighted by Gasteiger charge is -1.96. The highest BCUT2D eigenvalue weighted by Gasteiger charge is 1.88. The normalized spacial score (nSPS) is 9.92. The Hall–Kier alpha value is -1.77. The fourth-order valence-electron chi connectivity index (χ4n) is 0.850. The molecule has 0 spiro atoms. The summed E-state index contributed by atoms with van der Waals surface area (Å²) < 4.78 is 0. The number of hydrogen-bond acceptors (Lipinski definition) is 1. The summed E-state index contributed by atoms with van der Waals surface area (Å²) in [7, 11) is 1.58. The Bertz CT molecular complexity index is 293. The second kappa shape index (κ2) is 4.98. The lowest BCUT2D eigenvalue weighted by Crippen LogP contribution is -2.28. The Morgan fingerprint density at radius 1 is 1.31 bits per heavy atom. The Morgan fingerprint density at radius 2 is 2.00 bits per heavy atom. The number of rotatable bonds is 2. The zero-order valence-corrected chi connectivity index (χ0v) is 7.45. The van der Waals surface area contributed by atoms with Gasteiger partial charge in [0.2, 0.25) is 0 Å². The first-order valence-electron chi connectivity index (χ1n) is 4.03. The van der Waals surface area contributed by atoms with Crippen molar-refractivity contribution in [2.24, 2.45) is 0 Å². The molecule has 3 nitrogen and oxygen atoms in total. The smallest absolute Gasteiger partial charge is 0.318 e. The van der Waals surface area contributed by atoms with Crippen molar-refractivity contribution < 1.29 is 4.79 Å². The molecule has 0 aliphatic carbocycles. The van der Waals surface area contributed by atoms with Gasteiger partial charge in [-0.05, 0) is 11.6 Å². The van der Waals surface area contributed by atoms with Gasteiger partial charge >= 0.3 is 6.03 Å². The number of nitrogens with one attached hydrogen (secondary N) is 2. The van der Waals surface area contributed by atoms with Crippen LogP contribution in [0.4, 0.5) is 4.79 Å². The van der Waals surface area contributed by atoms with Gasteiger partial charge in [0, 0.05) is 13.2 Å². The van der Waals surface area contributed by atoms with E-state index in [0.29, 0.717) is 0 Å². The highest BCUT2D eigenvalue weighted by Crippen LogP contribution is 1.99. The number of benzene rings is 1. The summed E-state index contributed by atoms with van der Waals surface area (Å²) >= 11 is 0. The Balaban J connectivity index is 2.45. The Morgan fingerprint density at radius 3 is 2.62 bits per heavy atom. The van der Waals surface area contributed by atoms with Crippen molar-refractivity contribution in [3.05, 3.63) is 42.1 Å². The van der Waals surface area contributed by atoms with Crippen molar-refractivity contribution in [2.45, 2.75) is 0 Å². The number of amides is 2. The van der Waals surface area contributed by atoms with E-state index < -0.39 is 0 Å². The molecule has 2 amide bonds. The SMILES string of the molecule is CNC(=O)N/C=C/c1ccccc1. The molecule has 68 valence electrons. The van der Waals surface area contributed by atoms with Crippen molar-refractivity contribution in [2.75, 3.05) is 7.05 Å². The van der Waals surface area contributed by atoms with Crippen LogP contribution in [-0.2, 0) is 0 Å².